The highest BCUT2D eigenvalue weighted by Crippen LogP contribution is 2.27. The summed E-state index contributed by atoms with van der Waals surface area (Å²) in [6.45, 7) is 6.57. The highest BCUT2D eigenvalue weighted by atomic mass is 35.5. The van der Waals surface area contributed by atoms with E-state index in [-0.39, 0.29) is 12.3 Å². The molecule has 0 spiro atoms. The monoisotopic (exact) mass is 602 g/mol. The van der Waals surface area contributed by atoms with Gasteiger partial charge in [-0.15, -0.1) is 0 Å². The second-order valence-electron chi connectivity index (χ2n) is 9.78. The fourth-order valence-corrected chi connectivity index (χ4v) is 6.38. The van der Waals surface area contributed by atoms with Gasteiger partial charge in [0, 0.05) is 93.3 Å². The number of rotatable bonds is 8. The number of nitrogen functional groups attached to an aromatic ring is 1. The molecule has 2 fully saturated rings. The van der Waals surface area contributed by atoms with Crippen molar-refractivity contribution in [3.8, 4) is 5.75 Å². The number of benzene rings is 1. The van der Waals surface area contributed by atoms with Crippen LogP contribution < -0.4 is 15.4 Å². The van der Waals surface area contributed by atoms with E-state index in [9.17, 15) is 4.21 Å². The zero-order chi connectivity index (χ0) is 28.2. The molecule has 0 saturated carbocycles. The summed E-state index contributed by atoms with van der Waals surface area (Å²) in [7, 11) is 2.10. The fraction of sp³-hybridized carbons (Fsp3) is 0.370. The average molecular weight is 604 g/mol. The maximum absolute atomic E-state index is 13.0. The van der Waals surface area contributed by atoms with E-state index in [2.05, 4.69) is 31.1 Å². The van der Waals surface area contributed by atoms with Crippen molar-refractivity contribution in [3.63, 3.8) is 0 Å². The number of piperazine rings is 2. The molecule has 3 aromatic rings. The largest absolute Gasteiger partial charge is 0.489 e. The summed E-state index contributed by atoms with van der Waals surface area (Å²) >= 11 is 11.3. The van der Waals surface area contributed by atoms with Gasteiger partial charge in [-0.05, 0) is 37.4 Å². The zero-order valence-corrected chi connectivity index (χ0v) is 24.6. The molecule has 5 rings (SSSR count). The molecular formula is C27H32Cl2N8O2S. The van der Waals surface area contributed by atoms with Crippen molar-refractivity contribution >= 4 is 51.6 Å². The molecule has 3 N–H and O–H groups in total. The number of nitrogens with one attached hydrogen (secondary N) is 1. The number of pyridine rings is 2. The lowest BCUT2D eigenvalue weighted by atomic mass is 10.0. The summed E-state index contributed by atoms with van der Waals surface area (Å²) in [4.78, 5) is 13.0. The topological polar surface area (TPSA) is 115 Å². The van der Waals surface area contributed by atoms with Gasteiger partial charge >= 0.3 is 0 Å². The van der Waals surface area contributed by atoms with Crippen LogP contribution >= 0.6 is 23.2 Å². The molecule has 4 heterocycles. The molecule has 10 nitrogen and oxygen atoms in total. The molecule has 2 saturated heterocycles. The molecule has 1 atom stereocenters. The lowest BCUT2D eigenvalue weighted by Crippen LogP contribution is -2.54. The van der Waals surface area contributed by atoms with E-state index in [1.807, 2.05) is 16.4 Å². The molecule has 2 aliphatic rings. The van der Waals surface area contributed by atoms with Crippen LogP contribution in [0.4, 0.5) is 11.5 Å². The summed E-state index contributed by atoms with van der Waals surface area (Å²) in [5.74, 6) is 1.37. The van der Waals surface area contributed by atoms with E-state index in [4.69, 9.17) is 39.1 Å². The fourth-order valence-electron chi connectivity index (χ4n) is 4.63. The maximum Gasteiger partial charge on any atom is 0.172 e. The SMILES string of the molecule is CN1CCN(S(=O)N2CCN(c3ccc(C(=N)c4cc(OCc5c(Cl)cncc5Cl)ccc4N)cn3)CC2)CC1. The summed E-state index contributed by atoms with van der Waals surface area (Å²) in [5, 5.41) is 9.63. The molecule has 13 heteroatoms. The zero-order valence-electron chi connectivity index (χ0n) is 22.2. The number of nitrogens with two attached hydrogens (primary N) is 1. The van der Waals surface area contributed by atoms with Crippen LogP contribution in [0.2, 0.25) is 10.0 Å². The molecule has 0 aliphatic carbocycles. The van der Waals surface area contributed by atoms with Crippen molar-refractivity contribution in [1.82, 2.24) is 23.5 Å². The third kappa shape index (κ3) is 6.56. The highest BCUT2D eigenvalue weighted by Gasteiger charge is 2.28. The number of nitrogens with zero attached hydrogens (tertiary/aromatic N) is 6. The first-order valence-corrected chi connectivity index (χ1v) is 14.8. The second kappa shape index (κ2) is 12.8. The standard InChI is InChI=1S/C27H32Cl2N8O2S/c1-34-6-10-36(11-7-34)40(38)37-12-8-35(9-13-37)26-5-2-19(15-33-26)27(31)21-14-20(3-4-25(21)30)39-18-22-23(28)16-32-17-24(22)29/h2-5,14-17,31H,6-13,18,30H2,1H3. The lowest BCUT2D eigenvalue weighted by molar-refractivity contribution is 0.219. The van der Waals surface area contributed by atoms with Crippen molar-refractivity contribution in [2.24, 2.45) is 0 Å². The minimum atomic E-state index is -1.10. The van der Waals surface area contributed by atoms with Gasteiger partial charge in [0.05, 0.1) is 15.8 Å². The van der Waals surface area contributed by atoms with Gasteiger partial charge in [-0.2, -0.15) is 0 Å². The van der Waals surface area contributed by atoms with Crippen LogP contribution in [-0.4, -0.2) is 92.8 Å². The van der Waals surface area contributed by atoms with E-state index >= 15 is 0 Å². The minimum Gasteiger partial charge on any atom is -0.489 e. The van der Waals surface area contributed by atoms with E-state index < -0.39 is 11.2 Å². The van der Waals surface area contributed by atoms with Gasteiger partial charge < -0.3 is 20.3 Å². The van der Waals surface area contributed by atoms with Crippen LogP contribution in [-0.2, 0) is 17.8 Å². The Morgan fingerprint density at radius 3 is 2.25 bits per heavy atom. The predicted molar refractivity (Wildman–Crippen MR) is 161 cm³/mol. The van der Waals surface area contributed by atoms with Crippen LogP contribution in [0.3, 0.4) is 0 Å². The Balaban J connectivity index is 1.19. The Morgan fingerprint density at radius 2 is 1.62 bits per heavy atom. The quantitative estimate of drug-likeness (QED) is 0.300. The molecule has 1 aromatic carbocycles. The first-order chi connectivity index (χ1) is 19.3. The number of anilines is 2. The van der Waals surface area contributed by atoms with Gasteiger partial charge in [-0.1, -0.05) is 23.2 Å². The summed E-state index contributed by atoms with van der Waals surface area (Å²) in [5.41, 5.74) is 8.74. The van der Waals surface area contributed by atoms with Gasteiger partial charge in [0.15, 0.2) is 11.2 Å². The van der Waals surface area contributed by atoms with Gasteiger partial charge in [0.25, 0.3) is 0 Å². The average Bonchev–Trinajstić information content (AvgIpc) is 2.97. The number of aromatic nitrogens is 2. The van der Waals surface area contributed by atoms with Gasteiger partial charge in [0.1, 0.15) is 18.2 Å². The predicted octanol–water partition coefficient (Wildman–Crippen LogP) is 3.31. The molecular weight excluding hydrogens is 571 g/mol. The molecule has 0 bridgehead atoms. The van der Waals surface area contributed by atoms with Crippen LogP contribution in [0.25, 0.3) is 0 Å². The molecule has 0 radical (unpaired) electrons. The first kappa shape index (κ1) is 28.7. The van der Waals surface area contributed by atoms with Crippen molar-refractivity contribution in [2.45, 2.75) is 6.61 Å². The highest BCUT2D eigenvalue weighted by molar-refractivity contribution is 7.80. The van der Waals surface area contributed by atoms with E-state index in [0.717, 1.165) is 45.1 Å². The summed E-state index contributed by atoms with van der Waals surface area (Å²) in [6.07, 6.45) is 4.72. The van der Waals surface area contributed by atoms with Crippen molar-refractivity contribution in [3.05, 3.63) is 75.7 Å². The van der Waals surface area contributed by atoms with Crippen molar-refractivity contribution in [2.75, 3.05) is 70.0 Å². The van der Waals surface area contributed by atoms with E-state index in [0.29, 0.717) is 51.3 Å². The third-order valence-electron chi connectivity index (χ3n) is 7.13. The molecule has 2 aromatic heterocycles. The van der Waals surface area contributed by atoms with Crippen molar-refractivity contribution in [1.29, 1.82) is 5.41 Å². The molecule has 0 amide bonds. The number of hydrogen-bond acceptors (Lipinski definition) is 8. The number of hydrogen-bond donors (Lipinski definition) is 2. The summed E-state index contributed by atoms with van der Waals surface area (Å²) in [6, 6.07) is 8.98. The van der Waals surface area contributed by atoms with Crippen LogP contribution in [0.15, 0.2) is 48.9 Å². The molecule has 2 aliphatic heterocycles. The van der Waals surface area contributed by atoms with Gasteiger partial charge in [0.2, 0.25) is 0 Å². The smallest absolute Gasteiger partial charge is 0.172 e. The van der Waals surface area contributed by atoms with Crippen LogP contribution in [0.1, 0.15) is 16.7 Å². The maximum atomic E-state index is 13.0. The molecule has 40 heavy (non-hydrogen) atoms. The molecule has 1 unspecified atom stereocenters. The van der Waals surface area contributed by atoms with Crippen LogP contribution in [0, 0.1) is 5.41 Å². The number of halogens is 2. The Morgan fingerprint density at radius 1 is 0.975 bits per heavy atom. The number of ether oxygens (including phenoxy) is 1. The Kier molecular flexibility index (Phi) is 9.19. The molecule has 212 valence electrons. The lowest BCUT2D eigenvalue weighted by Gasteiger charge is -2.38. The Bertz CT molecular complexity index is 1360. The normalized spacial score (nSPS) is 18.0. The Labute approximate surface area is 246 Å². The van der Waals surface area contributed by atoms with Gasteiger partial charge in [-0.3, -0.25) is 10.4 Å². The van der Waals surface area contributed by atoms with E-state index in [1.165, 1.54) is 12.4 Å². The first-order valence-electron chi connectivity index (χ1n) is 13.0. The minimum absolute atomic E-state index is 0.156. The third-order valence-corrected chi connectivity index (χ3v) is 9.40. The summed E-state index contributed by atoms with van der Waals surface area (Å²) < 4.78 is 23.0. The van der Waals surface area contributed by atoms with Gasteiger partial charge in [-0.25, -0.2) is 17.8 Å². The van der Waals surface area contributed by atoms with Crippen LogP contribution in [0.5, 0.6) is 5.75 Å². The van der Waals surface area contributed by atoms with E-state index in [1.54, 1.807) is 24.4 Å². The second-order valence-corrected chi connectivity index (χ2v) is 12.1. The Hall–Kier alpha value is -2.80. The number of likely N-dealkylation sites (N-methyl/N-ethyl adjacent to an activating group) is 1. The van der Waals surface area contributed by atoms with Crippen molar-refractivity contribution < 1.29 is 8.95 Å².